The summed E-state index contributed by atoms with van der Waals surface area (Å²) in [6, 6.07) is 12.4. The van der Waals surface area contributed by atoms with Gasteiger partial charge in [0.05, 0.1) is 6.61 Å². The van der Waals surface area contributed by atoms with Crippen molar-refractivity contribution in [2.24, 2.45) is 0 Å². The molecule has 0 aliphatic rings. The van der Waals surface area contributed by atoms with E-state index in [-0.39, 0.29) is 0 Å². The lowest BCUT2D eigenvalue weighted by Gasteiger charge is -2.07. The van der Waals surface area contributed by atoms with Gasteiger partial charge < -0.3 is 9.47 Å². The van der Waals surface area contributed by atoms with Crippen molar-refractivity contribution < 1.29 is 9.47 Å². The number of fused-ring (bicyclic) bond motifs is 1. The van der Waals surface area contributed by atoms with Crippen molar-refractivity contribution in [3.05, 3.63) is 40.9 Å². The van der Waals surface area contributed by atoms with Crippen LogP contribution in [0.1, 0.15) is 13.3 Å². The van der Waals surface area contributed by atoms with Gasteiger partial charge in [-0.1, -0.05) is 28.1 Å². The van der Waals surface area contributed by atoms with Crippen LogP contribution in [0.5, 0.6) is 5.75 Å². The zero-order chi connectivity index (χ0) is 12.8. The van der Waals surface area contributed by atoms with Gasteiger partial charge in [-0.05, 0) is 42.0 Å². The molecule has 0 fully saturated rings. The van der Waals surface area contributed by atoms with Gasteiger partial charge >= 0.3 is 0 Å². The molecule has 18 heavy (non-hydrogen) atoms. The maximum absolute atomic E-state index is 5.70. The van der Waals surface area contributed by atoms with Crippen molar-refractivity contribution in [1.29, 1.82) is 0 Å². The maximum Gasteiger partial charge on any atom is 0.119 e. The zero-order valence-corrected chi connectivity index (χ0v) is 12.1. The molecule has 0 aliphatic carbocycles. The molecule has 0 aromatic heterocycles. The topological polar surface area (TPSA) is 18.5 Å². The summed E-state index contributed by atoms with van der Waals surface area (Å²) in [6.07, 6.45) is 0.923. The van der Waals surface area contributed by atoms with E-state index in [1.807, 2.05) is 19.1 Å². The van der Waals surface area contributed by atoms with E-state index in [9.17, 15) is 0 Å². The fourth-order valence-electron chi connectivity index (χ4n) is 1.78. The maximum atomic E-state index is 5.70. The summed E-state index contributed by atoms with van der Waals surface area (Å²) in [6.45, 7) is 4.23. The van der Waals surface area contributed by atoms with Gasteiger partial charge in [-0.3, -0.25) is 0 Å². The fraction of sp³-hybridized carbons (Fsp3) is 0.333. The minimum absolute atomic E-state index is 0.696. The second-order valence-electron chi connectivity index (χ2n) is 4.05. The minimum Gasteiger partial charge on any atom is -0.493 e. The van der Waals surface area contributed by atoms with Crippen LogP contribution in [0, 0.1) is 0 Å². The van der Waals surface area contributed by atoms with Crippen LogP contribution in [-0.4, -0.2) is 19.8 Å². The summed E-state index contributed by atoms with van der Waals surface area (Å²) in [4.78, 5) is 0. The van der Waals surface area contributed by atoms with Gasteiger partial charge in [0.15, 0.2) is 0 Å². The van der Waals surface area contributed by atoms with E-state index in [4.69, 9.17) is 9.47 Å². The van der Waals surface area contributed by atoms with Crippen LogP contribution in [0.15, 0.2) is 40.9 Å². The average Bonchev–Trinajstić information content (AvgIpc) is 2.38. The summed E-state index contributed by atoms with van der Waals surface area (Å²) in [5.41, 5.74) is 0. The first kappa shape index (κ1) is 13.4. The molecule has 0 N–H and O–H groups in total. The lowest BCUT2D eigenvalue weighted by atomic mass is 10.1. The van der Waals surface area contributed by atoms with Gasteiger partial charge in [-0.2, -0.15) is 0 Å². The lowest BCUT2D eigenvalue weighted by molar-refractivity contribution is 0.131. The van der Waals surface area contributed by atoms with Gasteiger partial charge in [0.25, 0.3) is 0 Å². The van der Waals surface area contributed by atoms with E-state index >= 15 is 0 Å². The molecule has 2 aromatic carbocycles. The van der Waals surface area contributed by atoms with Crippen LogP contribution >= 0.6 is 15.9 Å². The summed E-state index contributed by atoms with van der Waals surface area (Å²) < 4.78 is 12.1. The summed E-state index contributed by atoms with van der Waals surface area (Å²) >= 11 is 3.47. The molecule has 0 aliphatic heterocycles. The molecule has 0 saturated carbocycles. The van der Waals surface area contributed by atoms with Gasteiger partial charge in [0.2, 0.25) is 0 Å². The highest BCUT2D eigenvalue weighted by Crippen LogP contribution is 2.24. The third-order valence-corrected chi connectivity index (χ3v) is 3.17. The van der Waals surface area contributed by atoms with Crippen LogP contribution in [0.25, 0.3) is 10.8 Å². The molecule has 0 saturated heterocycles. The van der Waals surface area contributed by atoms with E-state index in [2.05, 4.69) is 40.2 Å². The summed E-state index contributed by atoms with van der Waals surface area (Å²) in [7, 11) is 0. The number of benzene rings is 2. The fourth-order valence-corrected chi connectivity index (χ4v) is 2.16. The Kier molecular flexibility index (Phi) is 5.02. The third kappa shape index (κ3) is 3.72. The number of hydrogen-bond donors (Lipinski definition) is 0. The molecule has 2 aromatic rings. The Bertz CT molecular complexity index is 511. The minimum atomic E-state index is 0.696. The van der Waals surface area contributed by atoms with Gasteiger partial charge in [-0.25, -0.2) is 0 Å². The molecule has 0 amide bonds. The van der Waals surface area contributed by atoms with Gasteiger partial charge in [0.1, 0.15) is 5.75 Å². The molecule has 0 spiro atoms. The van der Waals surface area contributed by atoms with E-state index in [1.165, 1.54) is 10.8 Å². The molecule has 3 heteroatoms. The summed E-state index contributed by atoms with van der Waals surface area (Å²) in [5.74, 6) is 0.918. The largest absolute Gasteiger partial charge is 0.493 e. The van der Waals surface area contributed by atoms with Crippen molar-refractivity contribution in [3.8, 4) is 5.75 Å². The smallest absolute Gasteiger partial charge is 0.119 e. The Morgan fingerprint density at radius 3 is 2.61 bits per heavy atom. The number of ether oxygens (including phenoxy) is 2. The highest BCUT2D eigenvalue weighted by Gasteiger charge is 1.98. The zero-order valence-electron chi connectivity index (χ0n) is 10.5. The Hall–Kier alpha value is -1.06. The molecule has 0 bridgehead atoms. The van der Waals surface area contributed by atoms with Crippen molar-refractivity contribution in [2.75, 3.05) is 19.8 Å². The first-order valence-corrected chi connectivity index (χ1v) is 6.99. The first-order chi connectivity index (χ1) is 8.79. The second kappa shape index (κ2) is 6.76. The molecular formula is C15H17BrO2. The second-order valence-corrected chi connectivity index (χ2v) is 4.97. The molecule has 0 unspecified atom stereocenters. The Morgan fingerprint density at radius 2 is 1.78 bits per heavy atom. The SMILES string of the molecule is CCOCCCOc1ccc2cc(Br)ccc2c1. The van der Waals surface area contributed by atoms with Crippen LogP contribution in [0.3, 0.4) is 0 Å². The molecular weight excluding hydrogens is 292 g/mol. The number of rotatable bonds is 6. The molecule has 0 heterocycles. The standard InChI is InChI=1S/C15H17BrO2/c1-2-17-8-3-9-18-15-7-5-12-10-14(16)6-4-13(12)11-15/h4-7,10-11H,2-3,8-9H2,1H3. The normalized spacial score (nSPS) is 10.8. The van der Waals surface area contributed by atoms with Gasteiger partial charge in [0, 0.05) is 24.1 Å². The Balaban J connectivity index is 1.95. The highest BCUT2D eigenvalue weighted by atomic mass is 79.9. The highest BCUT2D eigenvalue weighted by molar-refractivity contribution is 9.10. The molecule has 2 nitrogen and oxygen atoms in total. The van der Waals surface area contributed by atoms with Crippen molar-refractivity contribution >= 4 is 26.7 Å². The molecule has 96 valence electrons. The van der Waals surface area contributed by atoms with Crippen LogP contribution < -0.4 is 4.74 Å². The first-order valence-electron chi connectivity index (χ1n) is 6.19. The molecule has 0 radical (unpaired) electrons. The van der Waals surface area contributed by atoms with Gasteiger partial charge in [-0.15, -0.1) is 0 Å². The number of halogens is 1. The van der Waals surface area contributed by atoms with Crippen molar-refractivity contribution in [1.82, 2.24) is 0 Å². The third-order valence-electron chi connectivity index (χ3n) is 2.68. The van der Waals surface area contributed by atoms with E-state index in [0.29, 0.717) is 6.61 Å². The van der Waals surface area contributed by atoms with E-state index in [1.54, 1.807) is 0 Å². The van der Waals surface area contributed by atoms with E-state index in [0.717, 1.165) is 29.9 Å². The Labute approximate surface area is 116 Å². The quantitative estimate of drug-likeness (QED) is 0.736. The van der Waals surface area contributed by atoms with E-state index < -0.39 is 0 Å². The lowest BCUT2D eigenvalue weighted by Crippen LogP contribution is -2.02. The molecule has 2 rings (SSSR count). The van der Waals surface area contributed by atoms with Crippen LogP contribution in [0.4, 0.5) is 0 Å². The van der Waals surface area contributed by atoms with Crippen LogP contribution in [0.2, 0.25) is 0 Å². The summed E-state index contributed by atoms with van der Waals surface area (Å²) in [5, 5.41) is 2.41. The van der Waals surface area contributed by atoms with Crippen molar-refractivity contribution in [2.45, 2.75) is 13.3 Å². The Morgan fingerprint density at radius 1 is 1.00 bits per heavy atom. The van der Waals surface area contributed by atoms with Crippen molar-refractivity contribution in [3.63, 3.8) is 0 Å². The molecule has 0 atom stereocenters. The number of hydrogen-bond acceptors (Lipinski definition) is 2. The predicted octanol–water partition coefficient (Wildman–Crippen LogP) is 4.41. The monoisotopic (exact) mass is 308 g/mol. The average molecular weight is 309 g/mol. The predicted molar refractivity (Wildman–Crippen MR) is 78.3 cm³/mol. The van der Waals surface area contributed by atoms with Crippen LogP contribution in [-0.2, 0) is 4.74 Å².